The van der Waals surface area contributed by atoms with Gasteiger partial charge in [0.15, 0.2) is 0 Å². The van der Waals surface area contributed by atoms with Crippen molar-refractivity contribution in [1.82, 2.24) is 0 Å². The molecule has 20 heavy (non-hydrogen) atoms. The van der Waals surface area contributed by atoms with Crippen LogP contribution in [0.2, 0.25) is 0 Å². The molecule has 0 bridgehead atoms. The van der Waals surface area contributed by atoms with Crippen molar-refractivity contribution >= 4 is 5.97 Å². The number of benzene rings is 1. The zero-order valence-electron chi connectivity index (χ0n) is 12.9. The van der Waals surface area contributed by atoms with Gasteiger partial charge in [0, 0.05) is 7.11 Å². The first-order valence-corrected chi connectivity index (χ1v) is 7.50. The Morgan fingerprint density at radius 2 is 2.05 bits per heavy atom. The molecule has 3 heteroatoms. The number of ether oxygens (including phenoxy) is 2. The van der Waals surface area contributed by atoms with Crippen molar-refractivity contribution in [1.29, 1.82) is 0 Å². The minimum Gasteiger partial charge on any atom is -0.456 e. The Kier molecular flexibility index (Phi) is 7.97. The first-order valence-electron chi connectivity index (χ1n) is 7.50. The molecule has 1 aromatic rings. The van der Waals surface area contributed by atoms with Crippen LogP contribution in [0.3, 0.4) is 0 Å². The molecular formula is C17H26O3. The number of hydrogen-bond donors (Lipinski definition) is 0. The summed E-state index contributed by atoms with van der Waals surface area (Å²) in [6, 6.07) is 7.74. The monoisotopic (exact) mass is 278 g/mol. The number of carbonyl (C=O) groups is 1. The van der Waals surface area contributed by atoms with E-state index in [1.807, 2.05) is 18.2 Å². The molecule has 0 aliphatic carbocycles. The van der Waals surface area contributed by atoms with Gasteiger partial charge in [-0.05, 0) is 37.0 Å². The van der Waals surface area contributed by atoms with Gasteiger partial charge in [0.2, 0.25) is 0 Å². The molecule has 0 N–H and O–H groups in total. The Morgan fingerprint density at radius 1 is 1.25 bits per heavy atom. The van der Waals surface area contributed by atoms with Crippen LogP contribution in [0.1, 0.15) is 55.5 Å². The first kappa shape index (κ1) is 16.7. The highest BCUT2D eigenvalue weighted by atomic mass is 16.6. The molecule has 112 valence electrons. The van der Waals surface area contributed by atoms with Crippen LogP contribution in [0.25, 0.3) is 0 Å². The van der Waals surface area contributed by atoms with Gasteiger partial charge >= 0.3 is 5.97 Å². The normalized spacial score (nSPS) is 12.2. The van der Waals surface area contributed by atoms with Gasteiger partial charge in [0.1, 0.15) is 6.10 Å². The highest BCUT2D eigenvalue weighted by molar-refractivity contribution is 5.89. The van der Waals surface area contributed by atoms with Crippen LogP contribution in [-0.4, -0.2) is 25.8 Å². The van der Waals surface area contributed by atoms with Crippen molar-refractivity contribution in [3.8, 4) is 0 Å². The van der Waals surface area contributed by atoms with E-state index in [0.717, 1.165) is 32.1 Å². The summed E-state index contributed by atoms with van der Waals surface area (Å²) in [4.78, 5) is 12.2. The minimum atomic E-state index is -0.251. The van der Waals surface area contributed by atoms with Crippen LogP contribution in [-0.2, 0) is 15.9 Å². The molecule has 0 aliphatic heterocycles. The van der Waals surface area contributed by atoms with Crippen LogP contribution < -0.4 is 0 Å². The average Bonchev–Trinajstić information content (AvgIpc) is 2.46. The number of hydrogen-bond acceptors (Lipinski definition) is 3. The van der Waals surface area contributed by atoms with Gasteiger partial charge in [-0.3, -0.25) is 0 Å². The predicted molar refractivity (Wildman–Crippen MR) is 81.0 cm³/mol. The van der Waals surface area contributed by atoms with Crippen LogP contribution in [0.15, 0.2) is 24.3 Å². The molecule has 0 spiro atoms. The zero-order valence-corrected chi connectivity index (χ0v) is 12.9. The van der Waals surface area contributed by atoms with Crippen molar-refractivity contribution in [2.75, 3.05) is 13.7 Å². The maximum atomic E-state index is 12.2. The number of unbranched alkanes of at least 4 members (excludes halogenated alkanes) is 1. The van der Waals surface area contributed by atoms with Gasteiger partial charge in [-0.1, -0.05) is 38.8 Å². The second-order valence-electron chi connectivity index (χ2n) is 5.08. The van der Waals surface area contributed by atoms with E-state index in [1.54, 1.807) is 7.11 Å². The zero-order chi connectivity index (χ0) is 14.8. The Hall–Kier alpha value is -1.35. The SMILES string of the molecule is CCCCc1cccc(C(=O)OC(CCC)COC)c1. The molecule has 1 aromatic carbocycles. The Balaban J connectivity index is 2.65. The number of esters is 1. The topological polar surface area (TPSA) is 35.5 Å². The molecule has 0 saturated carbocycles. The third-order valence-corrected chi connectivity index (χ3v) is 3.22. The fourth-order valence-electron chi connectivity index (χ4n) is 2.14. The van der Waals surface area contributed by atoms with E-state index in [4.69, 9.17) is 9.47 Å². The van der Waals surface area contributed by atoms with Gasteiger partial charge in [-0.15, -0.1) is 0 Å². The summed E-state index contributed by atoms with van der Waals surface area (Å²) in [7, 11) is 1.63. The van der Waals surface area contributed by atoms with Crippen molar-refractivity contribution in [2.45, 2.75) is 52.1 Å². The average molecular weight is 278 g/mol. The van der Waals surface area contributed by atoms with Crippen molar-refractivity contribution in [2.24, 2.45) is 0 Å². The molecule has 0 saturated heterocycles. The van der Waals surface area contributed by atoms with Crippen molar-refractivity contribution in [3.05, 3.63) is 35.4 Å². The highest BCUT2D eigenvalue weighted by Gasteiger charge is 2.15. The summed E-state index contributed by atoms with van der Waals surface area (Å²) >= 11 is 0. The van der Waals surface area contributed by atoms with E-state index >= 15 is 0 Å². The first-order chi connectivity index (χ1) is 9.71. The van der Waals surface area contributed by atoms with E-state index in [0.29, 0.717) is 12.2 Å². The predicted octanol–water partition coefficient (Wildman–Crippen LogP) is 4.00. The third-order valence-electron chi connectivity index (χ3n) is 3.22. The fraction of sp³-hybridized carbons (Fsp3) is 0.588. The van der Waals surface area contributed by atoms with Crippen LogP contribution in [0.4, 0.5) is 0 Å². The lowest BCUT2D eigenvalue weighted by Gasteiger charge is -2.16. The number of aryl methyl sites for hydroxylation is 1. The molecule has 0 fully saturated rings. The van der Waals surface area contributed by atoms with E-state index in [2.05, 4.69) is 19.9 Å². The van der Waals surface area contributed by atoms with Gasteiger partial charge in [0.25, 0.3) is 0 Å². The lowest BCUT2D eigenvalue weighted by atomic mass is 10.1. The van der Waals surface area contributed by atoms with E-state index in [-0.39, 0.29) is 12.1 Å². The summed E-state index contributed by atoms with van der Waals surface area (Å²) < 4.78 is 10.6. The largest absolute Gasteiger partial charge is 0.456 e. The summed E-state index contributed by atoms with van der Waals surface area (Å²) in [6.45, 7) is 4.69. The standard InChI is InChI=1S/C17H26O3/c1-4-6-9-14-10-7-11-15(12-14)17(18)20-16(8-5-2)13-19-3/h7,10-12,16H,4-6,8-9,13H2,1-3H3. The van der Waals surface area contributed by atoms with Crippen molar-refractivity contribution in [3.63, 3.8) is 0 Å². The molecule has 0 amide bonds. The quantitative estimate of drug-likeness (QED) is 0.640. The molecule has 1 unspecified atom stereocenters. The lowest BCUT2D eigenvalue weighted by Crippen LogP contribution is -2.23. The summed E-state index contributed by atoms with van der Waals surface area (Å²) in [5.74, 6) is -0.251. The maximum Gasteiger partial charge on any atom is 0.338 e. The smallest absolute Gasteiger partial charge is 0.338 e. The lowest BCUT2D eigenvalue weighted by molar-refractivity contribution is 0.00297. The number of rotatable bonds is 9. The van der Waals surface area contributed by atoms with E-state index in [1.165, 1.54) is 5.56 Å². The molecule has 0 aromatic heterocycles. The van der Waals surface area contributed by atoms with E-state index in [9.17, 15) is 4.79 Å². The molecular weight excluding hydrogens is 252 g/mol. The molecule has 1 atom stereocenters. The van der Waals surface area contributed by atoms with Gasteiger partial charge in [-0.2, -0.15) is 0 Å². The Bertz CT molecular complexity index is 395. The maximum absolute atomic E-state index is 12.2. The molecule has 0 radical (unpaired) electrons. The second-order valence-corrected chi connectivity index (χ2v) is 5.08. The van der Waals surface area contributed by atoms with Crippen LogP contribution in [0.5, 0.6) is 0 Å². The minimum absolute atomic E-state index is 0.156. The van der Waals surface area contributed by atoms with Gasteiger partial charge < -0.3 is 9.47 Å². The van der Waals surface area contributed by atoms with Gasteiger partial charge in [0.05, 0.1) is 12.2 Å². The number of methoxy groups -OCH3 is 1. The molecule has 1 rings (SSSR count). The Labute approximate surface area is 122 Å². The van der Waals surface area contributed by atoms with Crippen molar-refractivity contribution < 1.29 is 14.3 Å². The number of carbonyl (C=O) groups excluding carboxylic acids is 1. The van der Waals surface area contributed by atoms with Gasteiger partial charge in [-0.25, -0.2) is 4.79 Å². The fourth-order valence-corrected chi connectivity index (χ4v) is 2.14. The summed E-state index contributed by atoms with van der Waals surface area (Å²) in [6.07, 6.45) is 4.94. The molecule has 0 aliphatic rings. The second kappa shape index (κ2) is 9.54. The van der Waals surface area contributed by atoms with Crippen LogP contribution >= 0.6 is 0 Å². The summed E-state index contributed by atoms with van der Waals surface area (Å²) in [5, 5.41) is 0. The van der Waals surface area contributed by atoms with E-state index < -0.39 is 0 Å². The summed E-state index contributed by atoms with van der Waals surface area (Å²) in [5.41, 5.74) is 1.83. The molecule has 0 heterocycles. The Morgan fingerprint density at radius 3 is 2.70 bits per heavy atom. The third kappa shape index (κ3) is 5.74. The van der Waals surface area contributed by atoms with Crippen LogP contribution in [0, 0.1) is 0 Å². The molecule has 3 nitrogen and oxygen atoms in total. The highest BCUT2D eigenvalue weighted by Crippen LogP contribution is 2.12.